The van der Waals surface area contributed by atoms with Crippen LogP contribution in [0, 0.1) is 0 Å². The van der Waals surface area contributed by atoms with Gasteiger partial charge < -0.3 is 31.7 Å². The number of rotatable bonds is 13. The fraction of sp³-hybridized carbons (Fsp3) is 0. The Labute approximate surface area is 780 Å². The van der Waals surface area contributed by atoms with Crippen molar-refractivity contribution in [2.24, 2.45) is 0 Å². The number of nitrogens with zero attached hydrogens (tertiary/aromatic N) is 5. The highest BCUT2D eigenvalue weighted by atomic mass is 28.3. The van der Waals surface area contributed by atoms with E-state index < -0.39 is 16.1 Å². The maximum atomic E-state index is 6.93. The molecule has 0 spiro atoms. The smallest absolute Gasteiger partial charge is 0.184 e. The molecule has 0 fully saturated rings. The van der Waals surface area contributed by atoms with Crippen LogP contribution in [0.5, 0.6) is 0 Å². The molecule has 0 unspecified atom stereocenters. The van der Waals surface area contributed by atoms with E-state index in [-0.39, 0.29) is 0 Å². The molecule has 0 amide bonds. The molecule has 28 aromatic rings. The average Bonchev–Trinajstić information content (AvgIpc) is 1.64. The Morgan fingerprint density at radius 1 is 0.133 bits per heavy atom. The van der Waals surface area contributed by atoms with Crippen LogP contribution in [0.15, 0.2) is 524 Å². The van der Waals surface area contributed by atoms with Crippen LogP contribution in [0.2, 0.25) is 0 Å². The number of benzene rings is 21. The van der Waals surface area contributed by atoms with Gasteiger partial charge in [-0.3, -0.25) is 0 Å². The summed E-state index contributed by atoms with van der Waals surface area (Å²) >= 11 is 0. The second kappa shape index (κ2) is 32.3. The van der Waals surface area contributed by atoms with Gasteiger partial charge in [0.05, 0.1) is 55.2 Å². The fourth-order valence-electron chi connectivity index (χ4n) is 22.4. The van der Waals surface area contributed by atoms with Crippen molar-refractivity contribution in [3.63, 3.8) is 0 Å². The lowest BCUT2D eigenvalue weighted by atomic mass is 10.1. The first-order valence-corrected chi connectivity index (χ1v) is 50.3. The number of para-hydroxylation sites is 10. The lowest BCUT2D eigenvalue weighted by molar-refractivity contribution is 0.669. The van der Waals surface area contributed by atoms with E-state index in [1.807, 2.05) is 12.1 Å². The summed E-state index contributed by atoms with van der Waals surface area (Å²) in [5.41, 5.74) is 21.5. The zero-order chi connectivity index (χ0) is 89.1. The quantitative estimate of drug-likeness (QED) is 0.0853. The SMILES string of the molecule is c1ccc([Si](c2ccccc2)(c2ccccc2)c2cc(-n3c4ccccc4c4ccccc43)cc3c2oc2ccccc23)cc1.c1ccc([Si](c2ccccc2)(c2ccccc2)c2cccc(-n3c4ccccc4c4cc(-n5c6ccccc6c6ccccc65)ccc43)c2)cc1.c1ccc2c(c1)oc1ccc(-n3c4ccccc4c4cc(-n5c6ccccc6c6ccccc65)ccc43)cc12. The van der Waals surface area contributed by atoms with Gasteiger partial charge in [0.15, 0.2) is 16.1 Å². The normalized spacial score (nSPS) is 12.0. The zero-order valence-electron chi connectivity index (χ0n) is 73.6. The van der Waals surface area contributed by atoms with Gasteiger partial charge in [-0.2, -0.15) is 0 Å². The van der Waals surface area contributed by atoms with Crippen LogP contribution < -0.4 is 41.5 Å². The van der Waals surface area contributed by atoms with Crippen molar-refractivity contribution in [2.45, 2.75) is 0 Å². The summed E-state index contributed by atoms with van der Waals surface area (Å²) in [6.07, 6.45) is 0. The van der Waals surface area contributed by atoms with Crippen molar-refractivity contribution in [3.8, 4) is 28.4 Å². The summed E-state index contributed by atoms with van der Waals surface area (Å²) in [4.78, 5) is 0. The molecule has 0 saturated heterocycles. The first-order valence-electron chi connectivity index (χ1n) is 46.3. The number of furan rings is 2. The highest BCUT2D eigenvalue weighted by Gasteiger charge is 2.45. The van der Waals surface area contributed by atoms with Crippen molar-refractivity contribution in [2.75, 3.05) is 0 Å². The summed E-state index contributed by atoms with van der Waals surface area (Å²) in [5, 5.41) is 27.8. The topological polar surface area (TPSA) is 50.9 Å². The van der Waals surface area contributed by atoms with Crippen molar-refractivity contribution in [3.05, 3.63) is 516 Å². The van der Waals surface area contributed by atoms with Gasteiger partial charge in [-0.1, -0.05) is 376 Å². The second-order valence-corrected chi connectivity index (χ2v) is 42.8. The van der Waals surface area contributed by atoms with E-state index in [4.69, 9.17) is 8.83 Å². The van der Waals surface area contributed by atoms with E-state index in [0.29, 0.717) is 0 Å². The average molecular weight is 1760 g/mol. The molecule has 7 heterocycles. The molecule has 634 valence electrons. The van der Waals surface area contributed by atoms with Gasteiger partial charge in [-0.05, 0) is 181 Å². The Kier molecular flexibility index (Phi) is 18.8. The molecule has 7 aromatic heterocycles. The monoisotopic (exact) mass is 1760 g/mol. The van der Waals surface area contributed by atoms with Gasteiger partial charge >= 0.3 is 0 Å². The minimum Gasteiger partial charge on any atom is -0.456 e. The van der Waals surface area contributed by atoms with Gasteiger partial charge in [-0.15, -0.1) is 0 Å². The molecule has 21 aromatic carbocycles. The molecule has 135 heavy (non-hydrogen) atoms. The summed E-state index contributed by atoms with van der Waals surface area (Å²) in [6.45, 7) is 0. The summed E-state index contributed by atoms with van der Waals surface area (Å²) < 4.78 is 25.1. The zero-order valence-corrected chi connectivity index (χ0v) is 75.6. The summed E-state index contributed by atoms with van der Waals surface area (Å²) in [5.74, 6) is 0. The highest BCUT2D eigenvalue weighted by molar-refractivity contribution is 7.21. The Bertz CT molecular complexity index is 9100. The van der Waals surface area contributed by atoms with Crippen molar-refractivity contribution < 1.29 is 8.83 Å². The maximum Gasteiger partial charge on any atom is 0.184 e. The highest BCUT2D eigenvalue weighted by Crippen LogP contribution is 2.43. The Morgan fingerprint density at radius 3 is 0.726 bits per heavy atom. The molecule has 0 N–H and O–H groups in total. The molecule has 0 bridgehead atoms. The first kappa shape index (κ1) is 78.7. The number of hydrogen-bond acceptors (Lipinski definition) is 2. The molecule has 0 aliphatic rings. The fourth-order valence-corrected chi connectivity index (χ4v) is 32.1. The van der Waals surface area contributed by atoms with Gasteiger partial charge in [0, 0.05) is 104 Å². The third-order valence-electron chi connectivity index (χ3n) is 28.1. The standard InChI is InChI=1S/C48H34N2Si.C42H29NOSi.C36H22N2O/c1-4-18-37(19-5-1)51(38-20-6-2-7-21-38,39-22-8-3-9-23-39)40-24-16-17-35(33-40)49-47-30-15-12-27-43(47)44-34-36(31-32-48(44)49)50-45-28-13-10-25-41(45)42-26-11-14-29-46(42)50;1-4-16-31(17-5-1)45(32-18-6-2-7-19-32,33-20-8-3-9-21-33)41-29-30(28-37-36-24-12-15-27-40(36)44-42(37)41)43-38-25-13-10-22-34(38)35-23-11-14-26-39(35)43;1-5-13-31-25(9-1)26-10-2-6-14-32(26)37(31)23-17-19-34-29(21-23)27-11-3-7-15-33(27)38(34)24-18-20-36-30(22-24)28-12-4-8-16-35(28)39-36/h1-34H;1-29H;1-22H. The molecule has 0 atom stereocenters. The van der Waals surface area contributed by atoms with Gasteiger partial charge in [0.25, 0.3) is 0 Å². The molecular formula is C126H85N5O2Si2. The maximum absolute atomic E-state index is 6.93. The van der Waals surface area contributed by atoms with Crippen molar-refractivity contribution >= 4 is 211 Å². The van der Waals surface area contributed by atoms with Crippen LogP contribution in [0.3, 0.4) is 0 Å². The third kappa shape index (κ3) is 12.5. The largest absolute Gasteiger partial charge is 0.456 e. The number of fused-ring (bicyclic) bond motifs is 21. The van der Waals surface area contributed by atoms with E-state index in [9.17, 15) is 0 Å². The van der Waals surface area contributed by atoms with Crippen LogP contribution >= 0.6 is 0 Å². The predicted molar refractivity (Wildman–Crippen MR) is 573 cm³/mol. The molecule has 0 aliphatic heterocycles. The summed E-state index contributed by atoms with van der Waals surface area (Å²) in [6, 6.07) is 188. The minimum absolute atomic E-state index is 0.908. The molecule has 0 aliphatic carbocycles. The molecular weight excluding hydrogens is 1670 g/mol. The van der Waals surface area contributed by atoms with Crippen LogP contribution in [0.4, 0.5) is 0 Å². The molecule has 28 rings (SSSR count). The lowest BCUT2D eigenvalue weighted by Gasteiger charge is -2.34. The number of hydrogen-bond donors (Lipinski definition) is 0. The van der Waals surface area contributed by atoms with Gasteiger partial charge in [-0.25, -0.2) is 0 Å². The van der Waals surface area contributed by atoms with E-state index >= 15 is 0 Å². The molecule has 0 radical (unpaired) electrons. The minimum atomic E-state index is -2.91. The summed E-state index contributed by atoms with van der Waals surface area (Å²) in [7, 11) is -5.61. The second-order valence-electron chi connectivity index (χ2n) is 35.2. The van der Waals surface area contributed by atoms with Crippen molar-refractivity contribution in [1.82, 2.24) is 22.8 Å². The van der Waals surface area contributed by atoms with Crippen LogP contribution in [0.1, 0.15) is 0 Å². The Balaban J connectivity index is 0.000000106. The lowest BCUT2D eigenvalue weighted by Crippen LogP contribution is -2.74. The first-order chi connectivity index (χ1) is 67.0. The van der Waals surface area contributed by atoms with E-state index in [2.05, 4.69) is 526 Å². The predicted octanol–water partition coefficient (Wildman–Crippen LogP) is 27.1. The van der Waals surface area contributed by atoms with E-state index in [1.54, 1.807) is 0 Å². The number of aromatic nitrogens is 5. The molecule has 7 nitrogen and oxygen atoms in total. The van der Waals surface area contributed by atoms with E-state index in [0.717, 1.165) is 55.3 Å². The van der Waals surface area contributed by atoms with E-state index in [1.165, 1.54) is 168 Å². The van der Waals surface area contributed by atoms with Gasteiger partial charge in [0.1, 0.15) is 22.3 Å². The van der Waals surface area contributed by atoms with Gasteiger partial charge in [0.2, 0.25) is 0 Å². The van der Waals surface area contributed by atoms with Crippen molar-refractivity contribution in [1.29, 1.82) is 0 Å². The third-order valence-corrected chi connectivity index (χ3v) is 37.6. The van der Waals surface area contributed by atoms with Crippen LogP contribution in [0.25, 0.3) is 181 Å². The molecule has 0 saturated carbocycles. The van der Waals surface area contributed by atoms with Crippen LogP contribution in [-0.2, 0) is 0 Å². The Morgan fingerprint density at radius 2 is 0.370 bits per heavy atom. The molecule has 9 heteroatoms. The Hall–Kier alpha value is -17.3. The van der Waals surface area contributed by atoms with Crippen LogP contribution in [-0.4, -0.2) is 39.0 Å².